The Morgan fingerprint density at radius 1 is 1.25 bits per heavy atom. The molecule has 0 N–H and O–H groups in total. The quantitative estimate of drug-likeness (QED) is 0.504. The van der Waals surface area contributed by atoms with Crippen LogP contribution in [0, 0.1) is 0 Å². The normalized spacial score (nSPS) is 12.0. The molecule has 0 aliphatic heterocycles. The summed E-state index contributed by atoms with van der Waals surface area (Å²) in [6, 6.07) is 7.68. The third-order valence-corrected chi connectivity index (χ3v) is 3.84. The van der Waals surface area contributed by atoms with Crippen molar-refractivity contribution in [1.29, 1.82) is 0 Å². The number of aromatic nitrogens is 1. The number of carbonyl (C=O) groups excluding carboxylic acids is 1. The minimum Gasteiger partial charge on any atom is -0.497 e. The lowest BCUT2D eigenvalue weighted by atomic mass is 10.0. The van der Waals surface area contributed by atoms with Crippen LogP contribution in [0.4, 0.5) is 0 Å². The topological polar surface area (TPSA) is 70.8 Å². The number of methoxy groups -OCH3 is 2. The number of halogens is 1. The molecule has 0 saturated heterocycles. The van der Waals surface area contributed by atoms with Crippen molar-refractivity contribution in [2.45, 2.75) is 25.9 Å². The van der Waals surface area contributed by atoms with Crippen LogP contribution in [-0.4, -0.2) is 31.2 Å². The molecule has 6 nitrogen and oxygen atoms in total. The molecule has 0 radical (unpaired) electrons. The molecule has 0 fully saturated rings. The second-order valence-corrected chi connectivity index (χ2v) is 5.64. The van der Waals surface area contributed by atoms with Gasteiger partial charge in [0.05, 0.1) is 20.8 Å². The van der Waals surface area contributed by atoms with E-state index in [1.54, 1.807) is 7.11 Å². The van der Waals surface area contributed by atoms with Gasteiger partial charge in [0.2, 0.25) is 0 Å². The predicted octanol–water partition coefficient (Wildman–Crippen LogP) is 3.78. The molecule has 0 aliphatic carbocycles. The molecule has 2 aromatic rings. The molecule has 1 aromatic carbocycles. The van der Waals surface area contributed by atoms with Gasteiger partial charge in [-0.15, -0.1) is 0 Å². The third-order valence-electron chi connectivity index (χ3n) is 3.65. The van der Waals surface area contributed by atoms with E-state index in [2.05, 4.69) is 5.16 Å². The van der Waals surface area contributed by atoms with Gasteiger partial charge < -0.3 is 18.7 Å². The van der Waals surface area contributed by atoms with Crippen molar-refractivity contribution in [2.24, 2.45) is 0 Å². The molecular formula is C17H20ClNO5. The number of nitrogens with zero attached hydrogens (tertiary/aromatic N) is 1. The van der Waals surface area contributed by atoms with E-state index in [1.807, 2.05) is 31.2 Å². The van der Waals surface area contributed by atoms with Crippen LogP contribution in [0.25, 0.3) is 0 Å². The molecule has 2 rings (SSSR count). The first-order valence-electron chi connectivity index (χ1n) is 7.50. The van der Waals surface area contributed by atoms with Crippen LogP contribution in [0.15, 0.2) is 28.8 Å². The van der Waals surface area contributed by atoms with Crippen molar-refractivity contribution in [2.75, 3.05) is 20.8 Å². The largest absolute Gasteiger partial charge is 0.497 e. The Morgan fingerprint density at radius 2 is 1.96 bits per heavy atom. The van der Waals surface area contributed by atoms with Crippen LogP contribution in [0.2, 0.25) is 0 Å². The number of hydrogen-bond donors (Lipinski definition) is 0. The van der Waals surface area contributed by atoms with E-state index in [9.17, 15) is 4.79 Å². The molecule has 1 atom stereocenters. The summed E-state index contributed by atoms with van der Waals surface area (Å²) >= 11 is 5.58. The monoisotopic (exact) mass is 353 g/mol. The van der Waals surface area contributed by atoms with Crippen LogP contribution < -0.4 is 9.47 Å². The van der Waals surface area contributed by atoms with Gasteiger partial charge in [-0.2, -0.15) is 0 Å². The van der Waals surface area contributed by atoms with Gasteiger partial charge in [-0.3, -0.25) is 4.79 Å². The zero-order valence-corrected chi connectivity index (χ0v) is 14.6. The van der Waals surface area contributed by atoms with Crippen molar-refractivity contribution < 1.29 is 23.5 Å². The number of benzene rings is 1. The predicted molar refractivity (Wildman–Crippen MR) is 88.9 cm³/mol. The summed E-state index contributed by atoms with van der Waals surface area (Å²) in [5.41, 5.74) is 1.24. The van der Waals surface area contributed by atoms with Crippen LogP contribution in [0.5, 0.6) is 11.6 Å². The Morgan fingerprint density at radius 3 is 2.54 bits per heavy atom. The zero-order valence-electron chi connectivity index (χ0n) is 13.9. The smallest absolute Gasteiger partial charge is 0.266 e. The number of hydrogen-bond acceptors (Lipinski definition) is 6. The standard InChI is InChI=1S/C17H20ClNO5/c1-11(15-14(16(18)20)17(22-3)19-24-15)8-9-23-10-12-4-6-13(21-2)7-5-12/h4-7,11H,8-10H2,1-3H3. The van der Waals surface area contributed by atoms with E-state index in [0.29, 0.717) is 25.4 Å². The summed E-state index contributed by atoms with van der Waals surface area (Å²) in [5.74, 6) is 1.26. The van der Waals surface area contributed by atoms with Crippen molar-refractivity contribution in [1.82, 2.24) is 5.16 Å². The Hall–Kier alpha value is -2.05. The van der Waals surface area contributed by atoms with Crippen molar-refractivity contribution >= 4 is 16.8 Å². The van der Waals surface area contributed by atoms with Gasteiger partial charge in [0, 0.05) is 12.5 Å². The van der Waals surface area contributed by atoms with Crippen LogP contribution in [0.1, 0.15) is 40.9 Å². The molecule has 1 aromatic heterocycles. The Balaban J connectivity index is 1.86. The van der Waals surface area contributed by atoms with Crippen molar-refractivity contribution in [3.05, 3.63) is 41.2 Å². The van der Waals surface area contributed by atoms with Gasteiger partial charge in [0.25, 0.3) is 11.1 Å². The molecule has 0 amide bonds. The molecule has 0 spiro atoms. The second-order valence-electron chi connectivity index (χ2n) is 5.30. The number of carbonyl (C=O) groups is 1. The summed E-state index contributed by atoms with van der Waals surface area (Å²) in [7, 11) is 3.04. The highest BCUT2D eigenvalue weighted by Crippen LogP contribution is 2.30. The van der Waals surface area contributed by atoms with E-state index in [-0.39, 0.29) is 17.4 Å². The van der Waals surface area contributed by atoms with Gasteiger partial charge in [-0.05, 0) is 40.9 Å². The fourth-order valence-electron chi connectivity index (χ4n) is 2.25. The highest BCUT2D eigenvalue weighted by molar-refractivity contribution is 6.68. The Kier molecular flexibility index (Phi) is 6.63. The van der Waals surface area contributed by atoms with Crippen LogP contribution >= 0.6 is 11.6 Å². The van der Waals surface area contributed by atoms with Gasteiger partial charge in [0.1, 0.15) is 11.3 Å². The van der Waals surface area contributed by atoms with Gasteiger partial charge in [0.15, 0.2) is 5.76 Å². The van der Waals surface area contributed by atoms with E-state index >= 15 is 0 Å². The average molecular weight is 354 g/mol. The molecule has 1 unspecified atom stereocenters. The van der Waals surface area contributed by atoms with Gasteiger partial charge >= 0.3 is 0 Å². The summed E-state index contributed by atoms with van der Waals surface area (Å²) in [6.07, 6.45) is 0.658. The minimum atomic E-state index is -0.644. The lowest BCUT2D eigenvalue weighted by Gasteiger charge is -2.10. The Bertz CT molecular complexity index is 668. The van der Waals surface area contributed by atoms with Crippen LogP contribution in [-0.2, 0) is 11.3 Å². The fraction of sp³-hybridized carbons (Fsp3) is 0.412. The average Bonchev–Trinajstić information content (AvgIpc) is 3.03. The van der Waals surface area contributed by atoms with E-state index in [1.165, 1.54) is 7.11 Å². The number of rotatable bonds is 9. The molecule has 7 heteroatoms. The minimum absolute atomic E-state index is 0.0741. The van der Waals surface area contributed by atoms with E-state index in [4.69, 9.17) is 30.3 Å². The Labute approximate surface area is 145 Å². The van der Waals surface area contributed by atoms with E-state index in [0.717, 1.165) is 11.3 Å². The van der Waals surface area contributed by atoms with Crippen LogP contribution in [0.3, 0.4) is 0 Å². The summed E-state index contributed by atoms with van der Waals surface area (Å²) in [4.78, 5) is 11.5. The summed E-state index contributed by atoms with van der Waals surface area (Å²) in [6.45, 7) is 2.92. The SMILES string of the molecule is COc1ccc(COCCC(C)c2onc(OC)c2C(=O)Cl)cc1. The van der Waals surface area contributed by atoms with Gasteiger partial charge in [-0.1, -0.05) is 19.1 Å². The highest BCUT2D eigenvalue weighted by atomic mass is 35.5. The first-order valence-corrected chi connectivity index (χ1v) is 7.88. The maximum absolute atomic E-state index is 11.5. The molecular weight excluding hydrogens is 334 g/mol. The zero-order chi connectivity index (χ0) is 17.5. The third kappa shape index (κ3) is 4.49. The first-order chi connectivity index (χ1) is 11.6. The molecule has 0 aliphatic rings. The lowest BCUT2D eigenvalue weighted by molar-refractivity contribution is 0.106. The van der Waals surface area contributed by atoms with E-state index < -0.39 is 5.24 Å². The highest BCUT2D eigenvalue weighted by Gasteiger charge is 2.26. The van der Waals surface area contributed by atoms with Gasteiger partial charge in [-0.25, -0.2) is 0 Å². The molecule has 0 saturated carbocycles. The fourth-order valence-corrected chi connectivity index (χ4v) is 2.42. The maximum atomic E-state index is 11.5. The van der Waals surface area contributed by atoms with Crippen molar-refractivity contribution in [3.8, 4) is 11.6 Å². The maximum Gasteiger partial charge on any atom is 0.266 e. The second kappa shape index (κ2) is 8.70. The molecule has 1 heterocycles. The summed E-state index contributed by atoms with van der Waals surface area (Å²) in [5, 5.41) is 3.07. The number of ether oxygens (including phenoxy) is 3. The van der Waals surface area contributed by atoms with Crippen molar-refractivity contribution in [3.63, 3.8) is 0 Å². The molecule has 0 bridgehead atoms. The lowest BCUT2D eigenvalue weighted by Crippen LogP contribution is -2.04. The first kappa shape index (κ1) is 18.3. The summed E-state index contributed by atoms with van der Waals surface area (Å²) < 4.78 is 21.0. The molecule has 24 heavy (non-hydrogen) atoms. The molecule has 130 valence electrons.